The molecule has 0 heterocycles. The third-order valence-corrected chi connectivity index (χ3v) is 2.84. The van der Waals surface area contributed by atoms with Gasteiger partial charge in [0.05, 0.1) is 17.9 Å². The first-order valence-electron chi connectivity index (χ1n) is 4.56. The summed E-state index contributed by atoms with van der Waals surface area (Å²) in [7, 11) is -4.44. The summed E-state index contributed by atoms with van der Waals surface area (Å²) < 4.78 is 30.9. The largest absolute Gasteiger partial charge is 0.478 e. The Bertz CT molecular complexity index is 524. The summed E-state index contributed by atoms with van der Waals surface area (Å²) in [6.07, 6.45) is 0. The summed E-state index contributed by atoms with van der Waals surface area (Å²) in [5.74, 6) is -1.22. The van der Waals surface area contributed by atoms with E-state index in [-0.39, 0.29) is 24.4 Å². The van der Waals surface area contributed by atoms with Crippen molar-refractivity contribution in [3.05, 3.63) is 23.8 Å². The number of anilines is 1. The van der Waals surface area contributed by atoms with E-state index in [1.54, 1.807) is 0 Å². The Morgan fingerprint density at radius 2 is 2.00 bits per heavy atom. The van der Waals surface area contributed by atoms with E-state index in [2.05, 4.69) is 5.32 Å². The van der Waals surface area contributed by atoms with Crippen molar-refractivity contribution >= 4 is 21.8 Å². The van der Waals surface area contributed by atoms with E-state index >= 15 is 0 Å². The van der Waals surface area contributed by atoms with E-state index in [1.807, 2.05) is 0 Å². The first-order chi connectivity index (χ1) is 7.86. The molecule has 0 aliphatic heterocycles. The lowest BCUT2D eigenvalue weighted by Crippen LogP contribution is -2.11. The fourth-order valence-corrected chi connectivity index (χ4v) is 1.87. The maximum atomic E-state index is 11.0. The van der Waals surface area contributed by atoms with Gasteiger partial charge in [-0.1, -0.05) is 0 Å². The van der Waals surface area contributed by atoms with Gasteiger partial charge in [0.15, 0.2) is 0 Å². The SMILES string of the molecule is O=C(O)c1ccc(S(=O)(=O)O)c(NCCO)c1. The average molecular weight is 261 g/mol. The number of rotatable bonds is 5. The number of hydrogen-bond donors (Lipinski definition) is 4. The van der Waals surface area contributed by atoms with Gasteiger partial charge in [-0.15, -0.1) is 0 Å². The zero-order chi connectivity index (χ0) is 13.1. The smallest absolute Gasteiger partial charge is 0.335 e. The highest BCUT2D eigenvalue weighted by Crippen LogP contribution is 2.22. The Morgan fingerprint density at radius 1 is 1.35 bits per heavy atom. The number of carboxylic acid groups (broad SMARTS) is 1. The number of aromatic carboxylic acids is 1. The zero-order valence-corrected chi connectivity index (χ0v) is 9.44. The number of carboxylic acids is 1. The van der Waals surface area contributed by atoms with Crippen LogP contribution in [0.2, 0.25) is 0 Å². The van der Waals surface area contributed by atoms with Crippen molar-refractivity contribution in [2.45, 2.75) is 4.90 Å². The molecule has 1 rings (SSSR count). The van der Waals surface area contributed by atoms with Crippen LogP contribution in [0.25, 0.3) is 0 Å². The second-order valence-electron chi connectivity index (χ2n) is 3.14. The molecule has 8 heteroatoms. The molecule has 0 amide bonds. The van der Waals surface area contributed by atoms with Crippen LogP contribution in [0.5, 0.6) is 0 Å². The van der Waals surface area contributed by atoms with Gasteiger partial charge >= 0.3 is 5.97 Å². The number of hydrogen-bond acceptors (Lipinski definition) is 5. The molecule has 0 fully saturated rings. The van der Waals surface area contributed by atoms with Gasteiger partial charge in [0.25, 0.3) is 10.1 Å². The Labute approximate surface area is 97.5 Å². The van der Waals surface area contributed by atoms with Gasteiger partial charge in [0.1, 0.15) is 4.90 Å². The third-order valence-electron chi connectivity index (χ3n) is 1.93. The molecule has 0 aromatic heterocycles. The van der Waals surface area contributed by atoms with Crippen molar-refractivity contribution in [3.63, 3.8) is 0 Å². The van der Waals surface area contributed by atoms with Crippen molar-refractivity contribution in [2.24, 2.45) is 0 Å². The van der Waals surface area contributed by atoms with Crippen LogP contribution in [-0.2, 0) is 10.1 Å². The Balaban J connectivity index is 3.26. The normalized spacial score (nSPS) is 11.2. The van der Waals surface area contributed by atoms with Crippen molar-refractivity contribution < 1.29 is 28.0 Å². The van der Waals surface area contributed by atoms with Crippen LogP contribution in [0.4, 0.5) is 5.69 Å². The predicted molar refractivity (Wildman–Crippen MR) is 58.8 cm³/mol. The highest BCUT2D eigenvalue weighted by atomic mass is 32.2. The van der Waals surface area contributed by atoms with Gasteiger partial charge in [-0.05, 0) is 18.2 Å². The molecule has 7 nitrogen and oxygen atoms in total. The maximum absolute atomic E-state index is 11.0. The summed E-state index contributed by atoms with van der Waals surface area (Å²) in [5.41, 5.74) is -0.195. The maximum Gasteiger partial charge on any atom is 0.335 e. The lowest BCUT2D eigenvalue weighted by molar-refractivity contribution is 0.0697. The van der Waals surface area contributed by atoms with Gasteiger partial charge in [-0.3, -0.25) is 4.55 Å². The highest BCUT2D eigenvalue weighted by molar-refractivity contribution is 7.86. The first kappa shape index (κ1) is 13.4. The number of aliphatic hydroxyl groups excluding tert-OH is 1. The van der Waals surface area contributed by atoms with Crippen LogP contribution >= 0.6 is 0 Å². The van der Waals surface area contributed by atoms with E-state index in [9.17, 15) is 13.2 Å². The molecule has 4 N–H and O–H groups in total. The molecule has 0 radical (unpaired) electrons. The Kier molecular flexibility index (Phi) is 4.05. The molecular formula is C9H11NO6S. The van der Waals surface area contributed by atoms with E-state index in [4.69, 9.17) is 14.8 Å². The number of benzene rings is 1. The summed E-state index contributed by atoms with van der Waals surface area (Å²) >= 11 is 0. The first-order valence-corrected chi connectivity index (χ1v) is 6.00. The van der Waals surface area contributed by atoms with Crippen LogP contribution in [-0.4, -0.2) is 42.3 Å². The molecule has 1 aromatic rings. The second kappa shape index (κ2) is 5.13. The van der Waals surface area contributed by atoms with E-state index in [1.165, 1.54) is 0 Å². The molecule has 0 unspecified atom stereocenters. The predicted octanol–water partition coefficient (Wildman–Crippen LogP) is 0.0357. The van der Waals surface area contributed by atoms with Crippen LogP contribution in [0.1, 0.15) is 10.4 Å². The van der Waals surface area contributed by atoms with E-state index in [0.29, 0.717) is 0 Å². The van der Waals surface area contributed by atoms with Gasteiger partial charge in [0, 0.05) is 6.54 Å². The summed E-state index contributed by atoms with van der Waals surface area (Å²) in [4.78, 5) is 10.3. The molecule has 0 aliphatic rings. The van der Waals surface area contributed by atoms with Crippen molar-refractivity contribution in [3.8, 4) is 0 Å². The molecule has 0 saturated carbocycles. The number of aliphatic hydroxyl groups is 1. The second-order valence-corrected chi connectivity index (χ2v) is 4.53. The van der Waals surface area contributed by atoms with Crippen LogP contribution in [0, 0.1) is 0 Å². The lowest BCUT2D eigenvalue weighted by Gasteiger charge is -2.09. The van der Waals surface area contributed by atoms with Gasteiger partial charge in [-0.2, -0.15) is 8.42 Å². The minimum Gasteiger partial charge on any atom is -0.478 e. The molecule has 0 saturated heterocycles. The fourth-order valence-electron chi connectivity index (χ4n) is 1.22. The van der Waals surface area contributed by atoms with Crippen molar-refractivity contribution in [1.82, 2.24) is 0 Å². The van der Waals surface area contributed by atoms with Gasteiger partial charge < -0.3 is 15.5 Å². The van der Waals surface area contributed by atoms with E-state index < -0.39 is 21.0 Å². The summed E-state index contributed by atoms with van der Waals surface area (Å²) in [5, 5.41) is 19.9. The Hall–Kier alpha value is -1.64. The molecule has 17 heavy (non-hydrogen) atoms. The molecule has 94 valence electrons. The molecule has 0 aliphatic carbocycles. The lowest BCUT2D eigenvalue weighted by atomic mass is 10.2. The minimum absolute atomic E-state index is 0.0333. The molecular weight excluding hydrogens is 250 g/mol. The van der Waals surface area contributed by atoms with Crippen LogP contribution in [0.3, 0.4) is 0 Å². The van der Waals surface area contributed by atoms with Gasteiger partial charge in [-0.25, -0.2) is 4.79 Å². The molecule has 0 atom stereocenters. The van der Waals surface area contributed by atoms with Crippen molar-refractivity contribution in [2.75, 3.05) is 18.5 Å². The topological polar surface area (TPSA) is 124 Å². The zero-order valence-electron chi connectivity index (χ0n) is 8.62. The average Bonchev–Trinajstić information content (AvgIpc) is 2.24. The molecule has 1 aromatic carbocycles. The van der Waals surface area contributed by atoms with Crippen LogP contribution in [0.15, 0.2) is 23.1 Å². The number of carbonyl (C=O) groups is 1. The third kappa shape index (κ3) is 3.41. The fraction of sp³-hybridized carbons (Fsp3) is 0.222. The highest BCUT2D eigenvalue weighted by Gasteiger charge is 2.17. The molecule has 0 spiro atoms. The van der Waals surface area contributed by atoms with E-state index in [0.717, 1.165) is 18.2 Å². The quantitative estimate of drug-likeness (QED) is 0.551. The monoisotopic (exact) mass is 261 g/mol. The number of nitrogens with one attached hydrogen (secondary N) is 1. The van der Waals surface area contributed by atoms with Crippen molar-refractivity contribution in [1.29, 1.82) is 0 Å². The molecule has 0 bridgehead atoms. The summed E-state index contributed by atoms with van der Waals surface area (Å²) in [6.45, 7) is -0.228. The Morgan fingerprint density at radius 3 is 2.47 bits per heavy atom. The minimum atomic E-state index is -4.44. The standard InChI is InChI=1S/C9H11NO6S/c11-4-3-10-7-5-6(9(12)13)1-2-8(7)17(14,15)16/h1-2,5,10-11H,3-4H2,(H,12,13)(H,14,15,16). The summed E-state index contributed by atoms with van der Waals surface area (Å²) in [6, 6.07) is 3.12. The van der Waals surface area contributed by atoms with Crippen LogP contribution < -0.4 is 5.32 Å². The van der Waals surface area contributed by atoms with Gasteiger partial charge in [0.2, 0.25) is 0 Å².